The molecule has 0 saturated carbocycles. The van der Waals surface area contributed by atoms with Crippen molar-refractivity contribution in [3.63, 3.8) is 0 Å². The number of morpholine rings is 1. The zero-order valence-electron chi connectivity index (χ0n) is 16.2. The third-order valence-corrected chi connectivity index (χ3v) is 7.55. The number of aromatic amines is 1. The standard InChI is InChI=1S/C20H25N5OS2/c1-2-13-11-21-20(22-13)28-19-17-14-5-3-4-6-15(14)27-18(17)23-16(24-19)12-25-7-9-26-10-8-25/h11H,2-10,12H2,1H3,(H,21,22). The summed E-state index contributed by atoms with van der Waals surface area (Å²) in [5.74, 6) is 0.915. The fourth-order valence-electron chi connectivity index (χ4n) is 3.93. The molecule has 3 aromatic heterocycles. The first-order chi connectivity index (χ1) is 13.8. The predicted octanol–water partition coefficient (Wildman–Crippen LogP) is 3.84. The maximum atomic E-state index is 5.48. The molecule has 4 heterocycles. The van der Waals surface area contributed by atoms with Crippen molar-refractivity contribution in [2.45, 2.75) is 55.8 Å². The van der Waals surface area contributed by atoms with Crippen LogP contribution in [0.3, 0.4) is 0 Å². The zero-order valence-corrected chi connectivity index (χ0v) is 17.8. The summed E-state index contributed by atoms with van der Waals surface area (Å²) >= 11 is 3.52. The summed E-state index contributed by atoms with van der Waals surface area (Å²) in [5, 5.41) is 3.25. The average Bonchev–Trinajstić information content (AvgIpc) is 3.32. The molecule has 0 bridgehead atoms. The highest BCUT2D eigenvalue weighted by Crippen LogP contribution is 2.41. The molecule has 0 amide bonds. The number of imidazole rings is 1. The summed E-state index contributed by atoms with van der Waals surface area (Å²) in [4.78, 5) is 23.0. The molecule has 2 aliphatic rings. The van der Waals surface area contributed by atoms with Gasteiger partial charge >= 0.3 is 0 Å². The van der Waals surface area contributed by atoms with Crippen LogP contribution in [0, 0.1) is 0 Å². The van der Waals surface area contributed by atoms with Gasteiger partial charge in [0, 0.05) is 35.2 Å². The second-order valence-electron chi connectivity index (χ2n) is 7.39. The van der Waals surface area contributed by atoms with E-state index >= 15 is 0 Å². The van der Waals surface area contributed by atoms with Gasteiger partial charge in [0.25, 0.3) is 0 Å². The molecule has 3 aromatic rings. The number of nitrogens with zero attached hydrogens (tertiary/aromatic N) is 4. The van der Waals surface area contributed by atoms with Crippen molar-refractivity contribution in [3.05, 3.63) is 28.2 Å². The van der Waals surface area contributed by atoms with E-state index in [0.717, 1.165) is 72.2 Å². The van der Waals surface area contributed by atoms with Crippen LogP contribution in [0.5, 0.6) is 0 Å². The topological polar surface area (TPSA) is 66.9 Å². The third-order valence-electron chi connectivity index (χ3n) is 5.48. The molecule has 1 saturated heterocycles. The van der Waals surface area contributed by atoms with Gasteiger partial charge in [0.15, 0.2) is 5.16 Å². The molecule has 0 aromatic carbocycles. The van der Waals surface area contributed by atoms with Crippen molar-refractivity contribution in [2.75, 3.05) is 26.3 Å². The Bertz CT molecular complexity index is 977. The number of fused-ring (bicyclic) bond motifs is 3. The predicted molar refractivity (Wildman–Crippen MR) is 112 cm³/mol. The highest BCUT2D eigenvalue weighted by atomic mass is 32.2. The first-order valence-electron chi connectivity index (χ1n) is 10.1. The van der Waals surface area contributed by atoms with Crippen molar-refractivity contribution < 1.29 is 4.74 Å². The van der Waals surface area contributed by atoms with Gasteiger partial charge in [0.05, 0.1) is 19.8 Å². The van der Waals surface area contributed by atoms with Crippen LogP contribution in [-0.4, -0.2) is 51.1 Å². The Labute approximate surface area is 173 Å². The largest absolute Gasteiger partial charge is 0.379 e. The number of hydrogen-bond acceptors (Lipinski definition) is 7. The van der Waals surface area contributed by atoms with E-state index in [2.05, 4.69) is 21.8 Å². The average molecular weight is 416 g/mol. The summed E-state index contributed by atoms with van der Waals surface area (Å²) in [6, 6.07) is 0. The lowest BCUT2D eigenvalue weighted by atomic mass is 9.97. The molecule has 8 heteroatoms. The van der Waals surface area contributed by atoms with Crippen LogP contribution in [0.15, 0.2) is 16.4 Å². The first kappa shape index (κ1) is 18.5. The van der Waals surface area contributed by atoms with Crippen LogP contribution in [0.25, 0.3) is 10.2 Å². The van der Waals surface area contributed by atoms with E-state index in [1.807, 2.05) is 17.5 Å². The van der Waals surface area contributed by atoms with Gasteiger partial charge in [0.2, 0.25) is 0 Å². The van der Waals surface area contributed by atoms with Crippen molar-refractivity contribution in [1.82, 2.24) is 24.8 Å². The van der Waals surface area contributed by atoms with Crippen molar-refractivity contribution >= 4 is 33.3 Å². The normalized spacial score (nSPS) is 17.9. The van der Waals surface area contributed by atoms with E-state index in [4.69, 9.17) is 14.7 Å². The van der Waals surface area contributed by atoms with Gasteiger partial charge in [-0.25, -0.2) is 15.0 Å². The second-order valence-corrected chi connectivity index (χ2v) is 9.45. The summed E-state index contributed by atoms with van der Waals surface area (Å²) in [5.41, 5.74) is 2.64. The molecule has 0 atom stereocenters. The van der Waals surface area contributed by atoms with Crippen LogP contribution in [0.1, 0.15) is 41.7 Å². The Morgan fingerprint density at radius 3 is 2.89 bits per heavy atom. The zero-order chi connectivity index (χ0) is 18.9. The molecule has 0 unspecified atom stereocenters. The lowest BCUT2D eigenvalue weighted by molar-refractivity contribution is 0.0330. The van der Waals surface area contributed by atoms with Crippen LogP contribution in [0.4, 0.5) is 0 Å². The van der Waals surface area contributed by atoms with E-state index in [1.165, 1.54) is 35.1 Å². The smallest absolute Gasteiger partial charge is 0.171 e. The quantitative estimate of drug-likeness (QED) is 0.639. The third kappa shape index (κ3) is 3.70. The molecule has 148 valence electrons. The molecule has 28 heavy (non-hydrogen) atoms. The minimum Gasteiger partial charge on any atom is -0.379 e. The van der Waals surface area contributed by atoms with E-state index in [-0.39, 0.29) is 0 Å². The van der Waals surface area contributed by atoms with Crippen molar-refractivity contribution in [1.29, 1.82) is 0 Å². The van der Waals surface area contributed by atoms with Gasteiger partial charge in [-0.1, -0.05) is 6.92 Å². The van der Waals surface area contributed by atoms with Crippen LogP contribution in [0.2, 0.25) is 0 Å². The number of nitrogens with one attached hydrogen (secondary N) is 1. The van der Waals surface area contributed by atoms with E-state index in [0.29, 0.717) is 0 Å². The molecule has 0 spiro atoms. The molecule has 1 N–H and O–H groups in total. The minimum atomic E-state index is 0.786. The van der Waals surface area contributed by atoms with Crippen LogP contribution < -0.4 is 0 Å². The maximum Gasteiger partial charge on any atom is 0.171 e. The minimum absolute atomic E-state index is 0.786. The monoisotopic (exact) mass is 415 g/mol. The Morgan fingerprint density at radius 1 is 1.21 bits per heavy atom. The Morgan fingerprint density at radius 2 is 2.07 bits per heavy atom. The van der Waals surface area contributed by atoms with E-state index in [9.17, 15) is 0 Å². The molecular formula is C20H25N5OS2. The number of H-pyrrole nitrogens is 1. The molecular weight excluding hydrogens is 390 g/mol. The van der Waals surface area contributed by atoms with Gasteiger partial charge in [-0.3, -0.25) is 4.90 Å². The molecule has 1 aliphatic heterocycles. The summed E-state index contributed by atoms with van der Waals surface area (Å²) in [6.07, 6.45) is 7.77. The molecule has 5 rings (SSSR count). The summed E-state index contributed by atoms with van der Waals surface area (Å²) < 4.78 is 5.48. The maximum absolute atomic E-state index is 5.48. The molecule has 0 radical (unpaired) electrons. The summed E-state index contributed by atoms with van der Waals surface area (Å²) in [7, 11) is 0. The number of aryl methyl sites for hydroxylation is 3. The Hall–Kier alpha value is -1.48. The van der Waals surface area contributed by atoms with E-state index in [1.54, 1.807) is 11.8 Å². The van der Waals surface area contributed by atoms with Gasteiger partial charge in [-0.05, 0) is 49.4 Å². The lowest BCUT2D eigenvalue weighted by Gasteiger charge is -2.25. The fourth-order valence-corrected chi connectivity index (χ4v) is 6.22. The number of hydrogen-bond donors (Lipinski definition) is 1. The van der Waals surface area contributed by atoms with Gasteiger partial charge in [-0.15, -0.1) is 11.3 Å². The summed E-state index contributed by atoms with van der Waals surface area (Å²) in [6.45, 7) is 6.41. The van der Waals surface area contributed by atoms with Gasteiger partial charge in [0.1, 0.15) is 15.7 Å². The lowest BCUT2D eigenvalue weighted by Crippen LogP contribution is -2.36. The number of aromatic nitrogens is 4. The van der Waals surface area contributed by atoms with E-state index < -0.39 is 0 Å². The van der Waals surface area contributed by atoms with Crippen molar-refractivity contribution in [2.24, 2.45) is 0 Å². The first-order valence-corrected chi connectivity index (χ1v) is 11.8. The molecule has 6 nitrogen and oxygen atoms in total. The Balaban J connectivity index is 1.54. The number of thiophene rings is 1. The Kier molecular flexibility index (Phi) is 5.36. The highest BCUT2D eigenvalue weighted by Gasteiger charge is 2.23. The number of rotatable bonds is 5. The SMILES string of the molecule is CCc1cnc(Sc2nc(CN3CCOCC3)nc3sc4c(c23)CCCC4)[nH]1. The van der Waals surface area contributed by atoms with Crippen molar-refractivity contribution in [3.8, 4) is 0 Å². The molecule has 1 aliphatic carbocycles. The highest BCUT2D eigenvalue weighted by molar-refractivity contribution is 7.99. The fraction of sp³-hybridized carbons (Fsp3) is 0.550. The number of ether oxygens (including phenoxy) is 1. The van der Waals surface area contributed by atoms with Crippen LogP contribution >= 0.6 is 23.1 Å². The van der Waals surface area contributed by atoms with Gasteiger partial charge in [-0.2, -0.15) is 0 Å². The molecule has 1 fully saturated rings. The van der Waals surface area contributed by atoms with Crippen LogP contribution in [-0.2, 0) is 30.5 Å². The van der Waals surface area contributed by atoms with Gasteiger partial charge < -0.3 is 9.72 Å². The second kappa shape index (κ2) is 8.10.